The van der Waals surface area contributed by atoms with E-state index in [9.17, 15) is 13.6 Å². The fourth-order valence-corrected chi connectivity index (χ4v) is 1.60. The van der Waals surface area contributed by atoms with Crippen molar-refractivity contribution in [2.24, 2.45) is 0 Å². The van der Waals surface area contributed by atoms with E-state index < -0.39 is 11.6 Å². The highest BCUT2D eigenvalue weighted by Gasteiger charge is 1.97. The second kappa shape index (κ2) is 5.36. The SMILES string of the molecule is O=Cc1cccc(/C=C/c2cc(F)cc(F)c2)c1. The molecule has 2 aromatic rings. The van der Waals surface area contributed by atoms with E-state index in [0.717, 1.165) is 17.9 Å². The summed E-state index contributed by atoms with van der Waals surface area (Å²) in [7, 11) is 0. The van der Waals surface area contributed by atoms with Crippen molar-refractivity contribution in [1.29, 1.82) is 0 Å². The van der Waals surface area contributed by atoms with Crippen molar-refractivity contribution in [2.75, 3.05) is 0 Å². The van der Waals surface area contributed by atoms with Crippen LogP contribution in [0.25, 0.3) is 12.2 Å². The van der Waals surface area contributed by atoms with Crippen molar-refractivity contribution < 1.29 is 13.6 Å². The Morgan fingerprint density at radius 3 is 2.06 bits per heavy atom. The number of hydrogen-bond donors (Lipinski definition) is 0. The van der Waals surface area contributed by atoms with E-state index in [4.69, 9.17) is 0 Å². The number of aldehydes is 1. The molecule has 0 heterocycles. The summed E-state index contributed by atoms with van der Waals surface area (Å²) >= 11 is 0. The zero-order chi connectivity index (χ0) is 13.0. The molecule has 0 saturated heterocycles. The summed E-state index contributed by atoms with van der Waals surface area (Å²) in [6.45, 7) is 0. The van der Waals surface area contributed by atoms with Crippen LogP contribution in [0.4, 0.5) is 8.78 Å². The Labute approximate surface area is 103 Å². The summed E-state index contributed by atoms with van der Waals surface area (Å²) in [6.07, 6.45) is 4.04. The molecule has 0 radical (unpaired) electrons. The van der Waals surface area contributed by atoms with E-state index in [1.165, 1.54) is 12.1 Å². The largest absolute Gasteiger partial charge is 0.298 e. The highest BCUT2D eigenvalue weighted by atomic mass is 19.1. The highest BCUT2D eigenvalue weighted by Crippen LogP contribution is 2.12. The van der Waals surface area contributed by atoms with Crippen molar-refractivity contribution in [1.82, 2.24) is 0 Å². The average molecular weight is 244 g/mol. The lowest BCUT2D eigenvalue weighted by molar-refractivity contribution is 0.112. The van der Waals surface area contributed by atoms with Crippen LogP contribution in [0.15, 0.2) is 42.5 Å². The summed E-state index contributed by atoms with van der Waals surface area (Å²) in [5.74, 6) is -1.23. The van der Waals surface area contributed by atoms with E-state index in [1.807, 2.05) is 0 Å². The van der Waals surface area contributed by atoms with Crippen LogP contribution in [-0.2, 0) is 0 Å². The molecule has 0 saturated carbocycles. The van der Waals surface area contributed by atoms with E-state index in [0.29, 0.717) is 11.1 Å². The zero-order valence-electron chi connectivity index (χ0n) is 9.44. The monoisotopic (exact) mass is 244 g/mol. The summed E-state index contributed by atoms with van der Waals surface area (Å²) in [4.78, 5) is 10.6. The fraction of sp³-hybridized carbons (Fsp3) is 0. The van der Waals surface area contributed by atoms with Gasteiger partial charge in [0.25, 0.3) is 0 Å². The number of halogens is 2. The Bertz CT molecular complexity index is 583. The van der Waals surface area contributed by atoms with Crippen molar-refractivity contribution in [3.63, 3.8) is 0 Å². The van der Waals surface area contributed by atoms with Gasteiger partial charge in [0.15, 0.2) is 0 Å². The maximum Gasteiger partial charge on any atom is 0.150 e. The van der Waals surface area contributed by atoms with Crippen LogP contribution in [0.3, 0.4) is 0 Å². The third-order valence-corrected chi connectivity index (χ3v) is 2.40. The van der Waals surface area contributed by atoms with Crippen LogP contribution in [0.2, 0.25) is 0 Å². The topological polar surface area (TPSA) is 17.1 Å². The summed E-state index contributed by atoms with van der Waals surface area (Å²) in [6, 6.07) is 10.2. The molecule has 0 aromatic heterocycles. The molecule has 0 aliphatic heterocycles. The molecule has 0 bridgehead atoms. The Kier molecular flexibility index (Phi) is 3.63. The third-order valence-electron chi connectivity index (χ3n) is 2.40. The van der Waals surface area contributed by atoms with Gasteiger partial charge in [-0.3, -0.25) is 4.79 Å². The number of carbonyl (C=O) groups is 1. The number of rotatable bonds is 3. The van der Waals surface area contributed by atoms with Gasteiger partial charge in [-0.25, -0.2) is 8.78 Å². The first-order valence-corrected chi connectivity index (χ1v) is 5.37. The predicted octanol–water partition coefficient (Wildman–Crippen LogP) is 3.95. The van der Waals surface area contributed by atoms with Gasteiger partial charge in [-0.2, -0.15) is 0 Å². The number of hydrogen-bond acceptors (Lipinski definition) is 1. The van der Waals surface area contributed by atoms with Crippen molar-refractivity contribution >= 4 is 18.4 Å². The smallest absolute Gasteiger partial charge is 0.150 e. The molecule has 0 aliphatic carbocycles. The minimum Gasteiger partial charge on any atom is -0.298 e. The molecule has 0 atom stereocenters. The van der Waals surface area contributed by atoms with Gasteiger partial charge in [-0.05, 0) is 29.3 Å². The lowest BCUT2D eigenvalue weighted by atomic mass is 10.1. The van der Waals surface area contributed by atoms with Gasteiger partial charge < -0.3 is 0 Å². The second-order valence-electron chi connectivity index (χ2n) is 3.82. The van der Waals surface area contributed by atoms with E-state index in [1.54, 1.807) is 36.4 Å². The Morgan fingerprint density at radius 2 is 1.39 bits per heavy atom. The number of carbonyl (C=O) groups excluding carboxylic acids is 1. The molecule has 1 nitrogen and oxygen atoms in total. The standard InChI is InChI=1S/C15H10F2O/c16-14-7-12(8-15(17)9-14)5-4-11-2-1-3-13(6-11)10-18/h1-10H/b5-4+. The minimum absolute atomic E-state index is 0.434. The van der Waals surface area contributed by atoms with Gasteiger partial charge >= 0.3 is 0 Å². The molecule has 0 fully saturated rings. The van der Waals surface area contributed by atoms with Gasteiger partial charge in [0.1, 0.15) is 17.9 Å². The second-order valence-corrected chi connectivity index (χ2v) is 3.82. The van der Waals surface area contributed by atoms with Gasteiger partial charge in [0, 0.05) is 11.6 Å². The fourth-order valence-electron chi connectivity index (χ4n) is 1.60. The van der Waals surface area contributed by atoms with Crippen LogP contribution in [0, 0.1) is 11.6 Å². The average Bonchev–Trinajstić information content (AvgIpc) is 2.35. The molecule has 2 aromatic carbocycles. The lowest BCUT2D eigenvalue weighted by Gasteiger charge is -1.97. The zero-order valence-corrected chi connectivity index (χ0v) is 9.44. The Balaban J connectivity index is 2.26. The van der Waals surface area contributed by atoms with Crippen LogP contribution < -0.4 is 0 Å². The summed E-state index contributed by atoms with van der Waals surface area (Å²) in [5.41, 5.74) is 1.79. The minimum atomic E-state index is -0.615. The first kappa shape index (κ1) is 12.2. The van der Waals surface area contributed by atoms with E-state index in [-0.39, 0.29) is 0 Å². The van der Waals surface area contributed by atoms with Crippen LogP contribution in [-0.4, -0.2) is 6.29 Å². The Morgan fingerprint density at radius 1 is 0.778 bits per heavy atom. The van der Waals surface area contributed by atoms with Gasteiger partial charge in [0.2, 0.25) is 0 Å². The molecule has 3 heteroatoms. The maximum atomic E-state index is 13.0. The molecule has 18 heavy (non-hydrogen) atoms. The quantitative estimate of drug-likeness (QED) is 0.590. The van der Waals surface area contributed by atoms with Gasteiger partial charge in [-0.15, -0.1) is 0 Å². The molecular weight excluding hydrogens is 234 g/mol. The highest BCUT2D eigenvalue weighted by molar-refractivity contribution is 5.78. The molecule has 0 spiro atoms. The molecular formula is C15H10F2O. The molecule has 0 unspecified atom stereocenters. The normalized spacial score (nSPS) is 10.8. The molecule has 0 aliphatic rings. The van der Waals surface area contributed by atoms with Crippen molar-refractivity contribution in [2.45, 2.75) is 0 Å². The maximum absolute atomic E-state index is 13.0. The van der Waals surface area contributed by atoms with Crippen LogP contribution >= 0.6 is 0 Å². The molecule has 0 amide bonds. The van der Waals surface area contributed by atoms with Crippen LogP contribution in [0.1, 0.15) is 21.5 Å². The molecule has 90 valence electrons. The van der Waals surface area contributed by atoms with Gasteiger partial charge in [0.05, 0.1) is 0 Å². The first-order chi connectivity index (χ1) is 8.67. The molecule has 0 N–H and O–H groups in total. The van der Waals surface area contributed by atoms with E-state index in [2.05, 4.69) is 0 Å². The van der Waals surface area contributed by atoms with Gasteiger partial charge in [-0.1, -0.05) is 30.4 Å². The summed E-state index contributed by atoms with van der Waals surface area (Å²) < 4.78 is 25.9. The van der Waals surface area contributed by atoms with Crippen molar-refractivity contribution in [3.8, 4) is 0 Å². The van der Waals surface area contributed by atoms with Crippen LogP contribution in [0.5, 0.6) is 0 Å². The Hall–Kier alpha value is -2.29. The summed E-state index contributed by atoms with van der Waals surface area (Å²) in [5, 5.41) is 0. The molecule has 2 rings (SSSR count). The number of benzene rings is 2. The van der Waals surface area contributed by atoms with Crippen molar-refractivity contribution in [3.05, 3.63) is 70.8 Å². The predicted molar refractivity (Wildman–Crippen MR) is 67.1 cm³/mol. The van der Waals surface area contributed by atoms with E-state index >= 15 is 0 Å². The third kappa shape index (κ3) is 3.10. The lowest BCUT2D eigenvalue weighted by Crippen LogP contribution is -1.82. The first-order valence-electron chi connectivity index (χ1n) is 5.37.